The van der Waals surface area contributed by atoms with Crippen molar-refractivity contribution in [2.24, 2.45) is 0 Å². The van der Waals surface area contributed by atoms with Gasteiger partial charge in [-0.25, -0.2) is 0 Å². The molecule has 1 heterocycles. The molecule has 1 aliphatic heterocycles. The van der Waals surface area contributed by atoms with Gasteiger partial charge in [0.05, 0.1) is 13.7 Å². The predicted octanol–water partition coefficient (Wildman–Crippen LogP) is 2.69. The van der Waals surface area contributed by atoms with Crippen LogP contribution in [0.15, 0.2) is 24.3 Å². The second-order valence-electron chi connectivity index (χ2n) is 5.03. The molecule has 1 N–H and O–H groups in total. The zero-order chi connectivity index (χ0) is 11.8. The molecule has 3 nitrogen and oxygen atoms in total. The second kappa shape index (κ2) is 4.84. The van der Waals surface area contributed by atoms with Gasteiger partial charge in [0, 0.05) is 11.1 Å². The molecule has 0 saturated carbocycles. The Morgan fingerprint density at radius 2 is 1.88 bits per heavy atom. The Balaban J connectivity index is 0.00000144. The average molecular weight is 258 g/mol. The summed E-state index contributed by atoms with van der Waals surface area (Å²) in [6.45, 7) is 7.00. The summed E-state index contributed by atoms with van der Waals surface area (Å²) in [6.07, 6.45) is 0. The molecule has 1 aromatic rings. The third kappa shape index (κ3) is 2.73. The third-order valence-corrected chi connectivity index (χ3v) is 2.92. The van der Waals surface area contributed by atoms with E-state index < -0.39 is 5.72 Å². The quantitative estimate of drug-likeness (QED) is 0.884. The summed E-state index contributed by atoms with van der Waals surface area (Å²) in [4.78, 5) is 0. The fraction of sp³-hybridized carbons (Fsp3) is 0.538. The van der Waals surface area contributed by atoms with E-state index in [9.17, 15) is 0 Å². The second-order valence-corrected chi connectivity index (χ2v) is 5.03. The topological polar surface area (TPSA) is 30.5 Å². The number of halogens is 1. The first kappa shape index (κ1) is 14.3. The molecule has 0 bridgehead atoms. The maximum Gasteiger partial charge on any atom is 0.146 e. The highest BCUT2D eigenvalue weighted by molar-refractivity contribution is 5.85. The number of methoxy groups -OCH3 is 1. The van der Waals surface area contributed by atoms with Crippen molar-refractivity contribution in [3.63, 3.8) is 0 Å². The van der Waals surface area contributed by atoms with E-state index in [-0.39, 0.29) is 17.9 Å². The smallest absolute Gasteiger partial charge is 0.146 e. The van der Waals surface area contributed by atoms with Crippen molar-refractivity contribution in [1.82, 2.24) is 5.32 Å². The Labute approximate surface area is 109 Å². The van der Waals surface area contributed by atoms with Crippen LogP contribution in [0.3, 0.4) is 0 Å². The van der Waals surface area contributed by atoms with E-state index in [4.69, 9.17) is 9.47 Å². The Bertz CT molecular complexity index is 395. The van der Waals surface area contributed by atoms with Gasteiger partial charge in [-0.3, -0.25) is 5.32 Å². The van der Waals surface area contributed by atoms with E-state index in [0.29, 0.717) is 6.61 Å². The van der Waals surface area contributed by atoms with Crippen molar-refractivity contribution in [1.29, 1.82) is 0 Å². The van der Waals surface area contributed by atoms with Gasteiger partial charge in [-0.1, -0.05) is 18.2 Å². The van der Waals surface area contributed by atoms with Crippen LogP contribution in [0.25, 0.3) is 0 Å². The van der Waals surface area contributed by atoms with Gasteiger partial charge in [0.1, 0.15) is 11.5 Å². The number of hydrogen-bond donors (Lipinski definition) is 1. The number of rotatable bonds is 2. The van der Waals surface area contributed by atoms with Crippen LogP contribution in [0.5, 0.6) is 5.75 Å². The molecule has 1 fully saturated rings. The number of para-hydroxylation sites is 1. The normalized spacial score (nSPS) is 26.4. The Morgan fingerprint density at radius 3 is 2.41 bits per heavy atom. The zero-order valence-electron chi connectivity index (χ0n) is 10.7. The minimum absolute atomic E-state index is 0. The molecule has 1 aromatic carbocycles. The number of hydrogen-bond acceptors (Lipinski definition) is 3. The molecule has 1 unspecified atom stereocenters. The van der Waals surface area contributed by atoms with E-state index in [0.717, 1.165) is 11.3 Å². The van der Waals surface area contributed by atoms with E-state index in [1.807, 2.05) is 31.2 Å². The Kier molecular flexibility index (Phi) is 4.07. The summed E-state index contributed by atoms with van der Waals surface area (Å²) < 4.78 is 11.3. The molecule has 0 aliphatic carbocycles. The summed E-state index contributed by atoms with van der Waals surface area (Å²) in [6, 6.07) is 7.95. The van der Waals surface area contributed by atoms with Crippen molar-refractivity contribution in [3.05, 3.63) is 29.8 Å². The van der Waals surface area contributed by atoms with E-state index in [1.165, 1.54) is 0 Å². The SMILES string of the molecule is COc1ccccc1C1(C)NC(C)(C)CO1.Cl. The largest absolute Gasteiger partial charge is 0.496 e. The molecule has 96 valence electrons. The van der Waals surface area contributed by atoms with Gasteiger partial charge >= 0.3 is 0 Å². The average Bonchev–Trinajstić information content (AvgIpc) is 2.54. The molecule has 1 aliphatic rings. The minimum atomic E-state index is -0.462. The van der Waals surface area contributed by atoms with E-state index >= 15 is 0 Å². The lowest BCUT2D eigenvalue weighted by Crippen LogP contribution is -2.44. The maximum atomic E-state index is 5.89. The van der Waals surface area contributed by atoms with Crippen LogP contribution < -0.4 is 10.1 Å². The molecule has 1 saturated heterocycles. The molecule has 0 spiro atoms. The van der Waals surface area contributed by atoms with Crippen LogP contribution >= 0.6 is 12.4 Å². The molecule has 1 atom stereocenters. The highest BCUT2D eigenvalue weighted by Gasteiger charge is 2.42. The number of nitrogens with one attached hydrogen (secondary N) is 1. The lowest BCUT2D eigenvalue weighted by Gasteiger charge is -2.28. The van der Waals surface area contributed by atoms with Gasteiger partial charge in [0.15, 0.2) is 0 Å². The first-order chi connectivity index (χ1) is 7.47. The molecule has 4 heteroatoms. The van der Waals surface area contributed by atoms with Crippen LogP contribution in [-0.4, -0.2) is 19.3 Å². The maximum absolute atomic E-state index is 5.89. The molecule has 0 aromatic heterocycles. The molecular weight excluding hydrogens is 238 g/mol. The monoisotopic (exact) mass is 257 g/mol. The summed E-state index contributed by atoms with van der Waals surface area (Å²) in [7, 11) is 1.68. The Hall–Kier alpha value is -0.770. The Morgan fingerprint density at radius 1 is 1.24 bits per heavy atom. The van der Waals surface area contributed by atoms with Crippen molar-refractivity contribution in [3.8, 4) is 5.75 Å². The fourth-order valence-corrected chi connectivity index (χ4v) is 2.23. The van der Waals surface area contributed by atoms with Crippen LogP contribution in [0.4, 0.5) is 0 Å². The van der Waals surface area contributed by atoms with Gasteiger partial charge in [-0.05, 0) is 26.8 Å². The van der Waals surface area contributed by atoms with Crippen molar-refractivity contribution in [2.45, 2.75) is 32.0 Å². The van der Waals surface area contributed by atoms with Gasteiger partial charge in [0.25, 0.3) is 0 Å². The van der Waals surface area contributed by atoms with Crippen molar-refractivity contribution < 1.29 is 9.47 Å². The predicted molar refractivity (Wildman–Crippen MR) is 70.8 cm³/mol. The molecule has 2 rings (SSSR count). The summed E-state index contributed by atoms with van der Waals surface area (Å²) in [5.41, 5.74) is 0.578. The van der Waals surface area contributed by atoms with E-state index in [2.05, 4.69) is 19.2 Å². The van der Waals surface area contributed by atoms with Gasteiger partial charge < -0.3 is 9.47 Å². The zero-order valence-corrected chi connectivity index (χ0v) is 11.6. The standard InChI is InChI=1S/C13H19NO2.ClH/c1-12(2)9-16-13(3,14-12)10-7-5-6-8-11(10)15-4;/h5-8,14H,9H2,1-4H3;1H. The molecule has 17 heavy (non-hydrogen) atoms. The number of ether oxygens (including phenoxy) is 2. The third-order valence-electron chi connectivity index (χ3n) is 2.92. The van der Waals surface area contributed by atoms with Gasteiger partial charge in [0.2, 0.25) is 0 Å². The summed E-state index contributed by atoms with van der Waals surface area (Å²) in [5.74, 6) is 0.857. The van der Waals surface area contributed by atoms with Crippen molar-refractivity contribution >= 4 is 12.4 Å². The fourth-order valence-electron chi connectivity index (χ4n) is 2.23. The van der Waals surface area contributed by atoms with Crippen LogP contribution in [0, 0.1) is 0 Å². The lowest BCUT2D eigenvalue weighted by atomic mass is 10.0. The number of benzene rings is 1. The first-order valence-electron chi connectivity index (χ1n) is 5.54. The van der Waals surface area contributed by atoms with Gasteiger partial charge in [-0.2, -0.15) is 0 Å². The molecule has 0 amide bonds. The van der Waals surface area contributed by atoms with Crippen molar-refractivity contribution in [2.75, 3.05) is 13.7 Å². The van der Waals surface area contributed by atoms with Crippen LogP contribution in [0.2, 0.25) is 0 Å². The highest BCUT2D eigenvalue weighted by Crippen LogP contribution is 2.36. The van der Waals surface area contributed by atoms with Crippen LogP contribution in [-0.2, 0) is 10.5 Å². The minimum Gasteiger partial charge on any atom is -0.496 e. The summed E-state index contributed by atoms with van der Waals surface area (Å²) >= 11 is 0. The summed E-state index contributed by atoms with van der Waals surface area (Å²) in [5, 5.41) is 3.50. The van der Waals surface area contributed by atoms with Crippen LogP contribution in [0.1, 0.15) is 26.3 Å². The molecular formula is C13H20ClNO2. The molecule has 0 radical (unpaired) electrons. The lowest BCUT2D eigenvalue weighted by molar-refractivity contribution is 0.000410. The van der Waals surface area contributed by atoms with Gasteiger partial charge in [-0.15, -0.1) is 12.4 Å². The van der Waals surface area contributed by atoms with E-state index in [1.54, 1.807) is 7.11 Å². The first-order valence-corrected chi connectivity index (χ1v) is 5.54. The highest BCUT2D eigenvalue weighted by atomic mass is 35.5.